The molecular formula is C15H14N2OS. The molecule has 0 atom stereocenters. The Labute approximate surface area is 115 Å². The maximum Gasteiger partial charge on any atom is 0.231 e. The molecular weight excluding hydrogens is 256 g/mol. The highest BCUT2D eigenvalue weighted by Gasteiger charge is 2.20. The van der Waals surface area contributed by atoms with Crippen molar-refractivity contribution >= 4 is 17.2 Å². The Balaban J connectivity index is 2.28. The zero-order valence-electron chi connectivity index (χ0n) is 10.8. The Morgan fingerprint density at radius 2 is 1.79 bits per heavy atom. The third-order valence-electron chi connectivity index (χ3n) is 3.20. The van der Waals surface area contributed by atoms with E-state index in [9.17, 15) is 0 Å². The van der Waals surface area contributed by atoms with E-state index in [1.54, 1.807) is 11.3 Å². The average Bonchev–Trinajstić information content (AvgIpc) is 2.99. The fourth-order valence-electron chi connectivity index (χ4n) is 2.32. The van der Waals surface area contributed by atoms with Crippen LogP contribution in [-0.2, 0) is 0 Å². The summed E-state index contributed by atoms with van der Waals surface area (Å²) < 4.78 is 5.22. The average molecular weight is 270 g/mol. The van der Waals surface area contributed by atoms with Gasteiger partial charge in [0.05, 0.1) is 5.56 Å². The number of nitrogen functional groups attached to an aromatic ring is 1. The molecule has 0 aliphatic carbocycles. The number of benzene rings is 1. The van der Waals surface area contributed by atoms with Gasteiger partial charge >= 0.3 is 0 Å². The summed E-state index contributed by atoms with van der Waals surface area (Å²) >= 11 is 1.64. The standard InChI is InChI=1S/C15H14N2OS/c1-9-5-3-6-10(2)12(9)14-13(15(16)18-17-14)11-7-4-8-19-11/h3-8H,16H2,1-2H3. The van der Waals surface area contributed by atoms with Crippen molar-refractivity contribution in [3.05, 3.63) is 46.8 Å². The minimum Gasteiger partial charge on any atom is -0.367 e. The van der Waals surface area contributed by atoms with Gasteiger partial charge in [-0.1, -0.05) is 29.4 Å². The van der Waals surface area contributed by atoms with Crippen LogP contribution in [0.15, 0.2) is 40.2 Å². The van der Waals surface area contributed by atoms with Gasteiger partial charge in [0.1, 0.15) is 5.69 Å². The highest BCUT2D eigenvalue weighted by Crippen LogP contribution is 2.40. The number of nitrogens with two attached hydrogens (primary N) is 1. The molecule has 0 fully saturated rings. The molecule has 3 aromatic rings. The summed E-state index contributed by atoms with van der Waals surface area (Å²) in [7, 11) is 0. The predicted molar refractivity (Wildman–Crippen MR) is 79.1 cm³/mol. The Hall–Kier alpha value is -2.07. The first-order valence-electron chi connectivity index (χ1n) is 6.04. The Morgan fingerprint density at radius 3 is 2.42 bits per heavy atom. The van der Waals surface area contributed by atoms with Crippen LogP contribution in [-0.4, -0.2) is 5.16 Å². The largest absolute Gasteiger partial charge is 0.367 e. The van der Waals surface area contributed by atoms with E-state index in [0.717, 1.165) is 21.7 Å². The second kappa shape index (κ2) is 4.55. The number of anilines is 1. The molecule has 0 unspecified atom stereocenters. The van der Waals surface area contributed by atoms with Gasteiger partial charge in [0.2, 0.25) is 5.88 Å². The molecule has 2 aromatic heterocycles. The Morgan fingerprint density at radius 1 is 1.05 bits per heavy atom. The maximum absolute atomic E-state index is 5.95. The van der Waals surface area contributed by atoms with E-state index < -0.39 is 0 Å². The van der Waals surface area contributed by atoms with Crippen LogP contribution >= 0.6 is 11.3 Å². The molecule has 96 valence electrons. The molecule has 0 saturated heterocycles. The number of nitrogens with zero attached hydrogens (tertiary/aromatic N) is 1. The number of thiophene rings is 1. The maximum atomic E-state index is 5.95. The number of hydrogen-bond donors (Lipinski definition) is 1. The van der Waals surface area contributed by atoms with Crippen molar-refractivity contribution in [3.8, 4) is 21.7 Å². The highest BCUT2D eigenvalue weighted by molar-refractivity contribution is 7.13. The van der Waals surface area contributed by atoms with Gasteiger partial charge in [0.15, 0.2) is 0 Å². The third kappa shape index (κ3) is 1.94. The predicted octanol–water partition coefficient (Wildman–Crippen LogP) is 4.27. The van der Waals surface area contributed by atoms with Crippen molar-refractivity contribution < 1.29 is 4.52 Å². The SMILES string of the molecule is Cc1cccc(C)c1-c1noc(N)c1-c1cccs1. The Kier molecular flexibility index (Phi) is 2.87. The molecule has 0 bridgehead atoms. The molecule has 3 rings (SSSR count). The van der Waals surface area contributed by atoms with E-state index in [4.69, 9.17) is 10.3 Å². The second-order valence-corrected chi connectivity index (χ2v) is 5.46. The zero-order chi connectivity index (χ0) is 13.4. The summed E-state index contributed by atoms with van der Waals surface area (Å²) in [5.74, 6) is 0.375. The fourth-order valence-corrected chi connectivity index (χ4v) is 3.10. The van der Waals surface area contributed by atoms with Gasteiger partial charge in [-0.3, -0.25) is 0 Å². The van der Waals surface area contributed by atoms with Gasteiger partial charge in [0.25, 0.3) is 0 Å². The van der Waals surface area contributed by atoms with Crippen LogP contribution in [0.1, 0.15) is 11.1 Å². The van der Waals surface area contributed by atoms with E-state index in [0.29, 0.717) is 5.88 Å². The van der Waals surface area contributed by atoms with E-state index >= 15 is 0 Å². The number of rotatable bonds is 2. The first-order valence-corrected chi connectivity index (χ1v) is 6.92. The van der Waals surface area contributed by atoms with Gasteiger partial charge in [-0.2, -0.15) is 0 Å². The smallest absolute Gasteiger partial charge is 0.231 e. The molecule has 0 radical (unpaired) electrons. The van der Waals surface area contributed by atoms with Crippen LogP contribution in [0.4, 0.5) is 5.88 Å². The lowest BCUT2D eigenvalue weighted by atomic mass is 9.97. The highest BCUT2D eigenvalue weighted by atomic mass is 32.1. The van der Waals surface area contributed by atoms with Gasteiger partial charge in [-0.25, -0.2) is 0 Å². The van der Waals surface area contributed by atoms with Crippen LogP contribution in [0, 0.1) is 13.8 Å². The molecule has 4 heteroatoms. The molecule has 0 aliphatic heterocycles. The Bertz CT molecular complexity index is 694. The van der Waals surface area contributed by atoms with Gasteiger partial charge < -0.3 is 10.3 Å². The first kappa shape index (κ1) is 12.0. The summed E-state index contributed by atoms with van der Waals surface area (Å²) in [6.45, 7) is 4.15. The van der Waals surface area contributed by atoms with E-state index in [2.05, 4.69) is 31.1 Å². The zero-order valence-corrected chi connectivity index (χ0v) is 11.6. The lowest BCUT2D eigenvalue weighted by Crippen LogP contribution is -1.90. The second-order valence-electron chi connectivity index (χ2n) is 4.51. The van der Waals surface area contributed by atoms with Gasteiger partial charge in [0, 0.05) is 10.4 Å². The summed E-state index contributed by atoms with van der Waals surface area (Å²) in [5.41, 5.74) is 11.1. The van der Waals surface area contributed by atoms with Crippen molar-refractivity contribution in [1.29, 1.82) is 0 Å². The van der Waals surface area contributed by atoms with Gasteiger partial charge in [-0.05, 0) is 36.4 Å². The van der Waals surface area contributed by atoms with Crippen LogP contribution in [0.2, 0.25) is 0 Å². The van der Waals surface area contributed by atoms with Gasteiger partial charge in [-0.15, -0.1) is 11.3 Å². The minimum absolute atomic E-state index is 0.375. The fraction of sp³-hybridized carbons (Fsp3) is 0.133. The lowest BCUT2D eigenvalue weighted by Gasteiger charge is -2.07. The van der Waals surface area contributed by atoms with E-state index in [1.807, 2.05) is 23.6 Å². The topological polar surface area (TPSA) is 52.0 Å². The molecule has 0 amide bonds. The normalized spacial score (nSPS) is 10.8. The van der Waals surface area contributed by atoms with Crippen LogP contribution in [0.3, 0.4) is 0 Å². The van der Waals surface area contributed by atoms with E-state index in [-0.39, 0.29) is 0 Å². The molecule has 0 spiro atoms. The molecule has 1 aromatic carbocycles. The number of aryl methyl sites for hydroxylation is 2. The molecule has 0 aliphatic rings. The lowest BCUT2D eigenvalue weighted by molar-refractivity contribution is 0.439. The quantitative estimate of drug-likeness (QED) is 0.756. The van der Waals surface area contributed by atoms with Crippen molar-refractivity contribution in [1.82, 2.24) is 5.16 Å². The molecule has 19 heavy (non-hydrogen) atoms. The number of hydrogen-bond acceptors (Lipinski definition) is 4. The van der Waals surface area contributed by atoms with Crippen LogP contribution in [0.5, 0.6) is 0 Å². The van der Waals surface area contributed by atoms with Crippen LogP contribution < -0.4 is 5.73 Å². The van der Waals surface area contributed by atoms with Crippen molar-refractivity contribution in [2.75, 3.05) is 5.73 Å². The van der Waals surface area contributed by atoms with Crippen molar-refractivity contribution in [2.45, 2.75) is 13.8 Å². The van der Waals surface area contributed by atoms with Crippen molar-refractivity contribution in [2.24, 2.45) is 0 Å². The van der Waals surface area contributed by atoms with E-state index in [1.165, 1.54) is 11.1 Å². The van der Waals surface area contributed by atoms with Crippen molar-refractivity contribution in [3.63, 3.8) is 0 Å². The third-order valence-corrected chi connectivity index (χ3v) is 4.09. The molecule has 3 nitrogen and oxygen atoms in total. The summed E-state index contributed by atoms with van der Waals surface area (Å²) in [4.78, 5) is 1.08. The summed E-state index contributed by atoms with van der Waals surface area (Å²) in [5, 5.41) is 6.19. The molecule has 0 saturated carbocycles. The first-order chi connectivity index (χ1) is 9.18. The number of aromatic nitrogens is 1. The minimum atomic E-state index is 0.375. The summed E-state index contributed by atoms with van der Waals surface area (Å²) in [6, 6.07) is 10.2. The van der Waals surface area contributed by atoms with Crippen LogP contribution in [0.25, 0.3) is 21.7 Å². The molecule has 2 heterocycles. The monoisotopic (exact) mass is 270 g/mol. The summed E-state index contributed by atoms with van der Waals surface area (Å²) in [6.07, 6.45) is 0. The molecule has 2 N–H and O–H groups in total.